The van der Waals surface area contributed by atoms with Crippen LogP contribution in [0.1, 0.15) is 11.1 Å². The van der Waals surface area contributed by atoms with E-state index in [4.69, 9.17) is 10.5 Å². The fourth-order valence-electron chi connectivity index (χ4n) is 1.49. The molecule has 0 aliphatic heterocycles. The van der Waals surface area contributed by atoms with E-state index in [1.807, 2.05) is 30.3 Å². The fraction of sp³-hybridized carbons (Fsp3) is 0.125. The molecule has 2 aromatic rings. The average molecular weight is 270 g/mol. The summed E-state index contributed by atoms with van der Waals surface area (Å²) in [4.78, 5) is 0. The maximum Gasteiger partial charge on any atom is 0.126 e. The van der Waals surface area contributed by atoms with E-state index in [-0.39, 0.29) is 6.42 Å². The molecule has 2 nitrogen and oxygen atoms in total. The Morgan fingerprint density at radius 2 is 1.25 bits per heavy atom. The molecule has 0 aromatic heterocycles. The molecular formula is C16H12F2N2. The van der Waals surface area contributed by atoms with E-state index in [2.05, 4.69) is 6.07 Å². The minimum Gasteiger partial charge on any atom is -0.207 e. The van der Waals surface area contributed by atoms with Crippen LogP contribution in [0.3, 0.4) is 0 Å². The van der Waals surface area contributed by atoms with Gasteiger partial charge in [-0.25, -0.2) is 8.78 Å². The molecule has 0 saturated heterocycles. The van der Waals surface area contributed by atoms with Gasteiger partial charge in [-0.15, -0.1) is 0 Å². The van der Waals surface area contributed by atoms with Crippen molar-refractivity contribution in [3.05, 3.63) is 71.3 Å². The SMILES string of the molecule is N#CCc1cc(F)cc(F)c1.N#CCc1ccccc1. The van der Waals surface area contributed by atoms with Crippen molar-refractivity contribution in [2.45, 2.75) is 12.8 Å². The van der Waals surface area contributed by atoms with Crippen LogP contribution < -0.4 is 0 Å². The van der Waals surface area contributed by atoms with Crippen LogP contribution in [0, 0.1) is 34.3 Å². The Bertz CT molecular complexity index is 605. The second kappa shape index (κ2) is 8.39. The summed E-state index contributed by atoms with van der Waals surface area (Å²) < 4.78 is 24.8. The highest BCUT2D eigenvalue weighted by atomic mass is 19.1. The minimum atomic E-state index is -0.643. The summed E-state index contributed by atoms with van der Waals surface area (Å²) in [5.74, 6) is -1.29. The summed E-state index contributed by atoms with van der Waals surface area (Å²) in [7, 11) is 0. The van der Waals surface area contributed by atoms with Crippen molar-refractivity contribution in [3.8, 4) is 12.1 Å². The largest absolute Gasteiger partial charge is 0.207 e. The molecule has 0 unspecified atom stereocenters. The lowest BCUT2D eigenvalue weighted by atomic mass is 10.1. The van der Waals surface area contributed by atoms with Gasteiger partial charge in [-0.2, -0.15) is 10.5 Å². The van der Waals surface area contributed by atoms with Crippen LogP contribution >= 0.6 is 0 Å². The Kier molecular flexibility index (Phi) is 6.44. The Hall–Kier alpha value is -2.72. The zero-order valence-corrected chi connectivity index (χ0v) is 10.7. The molecule has 0 aliphatic carbocycles. The molecule has 0 saturated carbocycles. The van der Waals surface area contributed by atoms with E-state index in [0.29, 0.717) is 12.0 Å². The second-order valence-electron chi connectivity index (χ2n) is 3.93. The Labute approximate surface area is 116 Å². The fourth-order valence-corrected chi connectivity index (χ4v) is 1.49. The third-order valence-corrected chi connectivity index (χ3v) is 2.33. The molecular weight excluding hydrogens is 258 g/mol. The van der Waals surface area contributed by atoms with Crippen molar-refractivity contribution in [1.29, 1.82) is 10.5 Å². The number of nitrogens with zero attached hydrogens (tertiary/aromatic N) is 2. The first-order chi connectivity index (χ1) is 9.65. The van der Waals surface area contributed by atoms with Crippen LogP contribution in [0.5, 0.6) is 0 Å². The zero-order valence-electron chi connectivity index (χ0n) is 10.7. The lowest BCUT2D eigenvalue weighted by molar-refractivity contribution is 0.581. The predicted molar refractivity (Wildman–Crippen MR) is 71.4 cm³/mol. The van der Waals surface area contributed by atoms with Crippen LogP contribution in [-0.2, 0) is 12.8 Å². The van der Waals surface area contributed by atoms with Crippen molar-refractivity contribution < 1.29 is 8.78 Å². The van der Waals surface area contributed by atoms with Gasteiger partial charge in [-0.1, -0.05) is 30.3 Å². The van der Waals surface area contributed by atoms with Crippen LogP contribution in [0.25, 0.3) is 0 Å². The molecule has 100 valence electrons. The molecule has 0 spiro atoms. The monoisotopic (exact) mass is 270 g/mol. The van der Waals surface area contributed by atoms with Gasteiger partial charge in [-0.3, -0.25) is 0 Å². The van der Waals surface area contributed by atoms with Gasteiger partial charge in [0.1, 0.15) is 11.6 Å². The topological polar surface area (TPSA) is 47.6 Å². The first kappa shape index (κ1) is 15.3. The number of rotatable bonds is 2. The lowest BCUT2D eigenvalue weighted by Gasteiger charge is -1.94. The molecule has 2 aromatic carbocycles. The molecule has 0 aliphatic rings. The highest BCUT2D eigenvalue weighted by molar-refractivity contribution is 5.20. The van der Waals surface area contributed by atoms with Gasteiger partial charge in [0.2, 0.25) is 0 Å². The number of nitriles is 2. The number of hydrogen-bond acceptors (Lipinski definition) is 2. The van der Waals surface area contributed by atoms with Crippen molar-refractivity contribution in [2.24, 2.45) is 0 Å². The molecule has 0 heterocycles. The second-order valence-corrected chi connectivity index (χ2v) is 3.93. The van der Waals surface area contributed by atoms with Gasteiger partial charge in [0.25, 0.3) is 0 Å². The van der Waals surface area contributed by atoms with Crippen molar-refractivity contribution in [3.63, 3.8) is 0 Å². The number of benzene rings is 2. The molecule has 0 bridgehead atoms. The van der Waals surface area contributed by atoms with Crippen molar-refractivity contribution >= 4 is 0 Å². The molecule has 20 heavy (non-hydrogen) atoms. The van der Waals surface area contributed by atoms with Gasteiger partial charge in [-0.05, 0) is 23.3 Å². The van der Waals surface area contributed by atoms with E-state index in [1.165, 1.54) is 0 Å². The maximum absolute atomic E-state index is 12.4. The van der Waals surface area contributed by atoms with Gasteiger partial charge >= 0.3 is 0 Å². The van der Waals surface area contributed by atoms with Gasteiger partial charge in [0.15, 0.2) is 0 Å². The van der Waals surface area contributed by atoms with E-state index in [1.54, 1.807) is 6.07 Å². The lowest BCUT2D eigenvalue weighted by Crippen LogP contribution is -1.86. The van der Waals surface area contributed by atoms with E-state index in [9.17, 15) is 8.78 Å². The molecule has 0 N–H and O–H groups in total. The number of hydrogen-bond donors (Lipinski definition) is 0. The van der Waals surface area contributed by atoms with E-state index < -0.39 is 11.6 Å². The Morgan fingerprint density at radius 3 is 1.75 bits per heavy atom. The highest BCUT2D eigenvalue weighted by Crippen LogP contribution is 2.07. The quantitative estimate of drug-likeness (QED) is 0.833. The third kappa shape index (κ3) is 5.75. The van der Waals surface area contributed by atoms with Crippen LogP contribution in [0.15, 0.2) is 48.5 Å². The summed E-state index contributed by atoms with van der Waals surface area (Å²) >= 11 is 0. The summed E-state index contributed by atoms with van der Waals surface area (Å²) in [6, 6.07) is 16.7. The van der Waals surface area contributed by atoms with Gasteiger partial charge in [0, 0.05) is 6.07 Å². The maximum atomic E-state index is 12.4. The van der Waals surface area contributed by atoms with Gasteiger partial charge < -0.3 is 0 Å². The summed E-state index contributed by atoms with van der Waals surface area (Å²) in [5.41, 5.74) is 1.45. The Morgan fingerprint density at radius 1 is 0.750 bits per heavy atom. The Balaban J connectivity index is 0.000000204. The first-order valence-electron chi connectivity index (χ1n) is 5.88. The third-order valence-electron chi connectivity index (χ3n) is 2.33. The molecule has 0 amide bonds. The smallest absolute Gasteiger partial charge is 0.126 e. The van der Waals surface area contributed by atoms with Crippen LogP contribution in [-0.4, -0.2) is 0 Å². The molecule has 0 atom stereocenters. The van der Waals surface area contributed by atoms with Crippen LogP contribution in [0.4, 0.5) is 8.78 Å². The predicted octanol–water partition coefficient (Wildman–Crippen LogP) is 3.78. The normalized spacial score (nSPS) is 8.80. The van der Waals surface area contributed by atoms with E-state index >= 15 is 0 Å². The molecule has 0 radical (unpaired) electrons. The summed E-state index contributed by atoms with van der Waals surface area (Å²) in [5, 5.41) is 16.5. The first-order valence-corrected chi connectivity index (χ1v) is 5.88. The summed E-state index contributed by atoms with van der Waals surface area (Å²) in [6.07, 6.45) is 0.551. The number of halogens is 2. The standard InChI is InChI=1S/C8H5F2N.C8H7N/c9-7-3-6(1-2-11)4-8(10)5-7;9-7-6-8-4-2-1-3-5-8/h3-5H,1H2;1-5H,6H2. The van der Waals surface area contributed by atoms with Crippen LogP contribution in [0.2, 0.25) is 0 Å². The van der Waals surface area contributed by atoms with Gasteiger partial charge in [0.05, 0.1) is 25.0 Å². The molecule has 0 fully saturated rings. The minimum absolute atomic E-state index is 0.0364. The average Bonchev–Trinajstić information content (AvgIpc) is 2.40. The summed E-state index contributed by atoms with van der Waals surface area (Å²) in [6.45, 7) is 0. The molecule has 4 heteroatoms. The van der Waals surface area contributed by atoms with Crippen molar-refractivity contribution in [1.82, 2.24) is 0 Å². The van der Waals surface area contributed by atoms with Crippen molar-refractivity contribution in [2.75, 3.05) is 0 Å². The highest BCUT2D eigenvalue weighted by Gasteiger charge is 1.98. The van der Waals surface area contributed by atoms with E-state index in [0.717, 1.165) is 23.8 Å². The molecule has 2 rings (SSSR count). The zero-order chi connectivity index (χ0) is 14.8.